The number of para-hydroxylation sites is 1. The number of rotatable bonds is 6. The second-order valence-electron chi connectivity index (χ2n) is 12.8. The van der Waals surface area contributed by atoms with Gasteiger partial charge in [0.15, 0.2) is 5.58 Å². The molecule has 0 amide bonds. The molecule has 2 aromatic heterocycles. The Morgan fingerprint density at radius 3 is 1.88 bits per heavy atom. The highest BCUT2D eigenvalue weighted by atomic mass is 16.4. The summed E-state index contributed by atoms with van der Waals surface area (Å²) in [5.41, 5.74) is 11.9. The molecular weight excluding hydrogens is 625 g/mol. The average molecular weight is 655 g/mol. The van der Waals surface area contributed by atoms with Crippen molar-refractivity contribution >= 4 is 60.9 Å². The zero-order valence-corrected chi connectivity index (χ0v) is 27.5. The Morgan fingerprint density at radius 1 is 0.392 bits per heavy atom. The molecule has 0 saturated heterocycles. The summed E-state index contributed by atoms with van der Waals surface area (Å²) in [7, 11) is 0. The van der Waals surface area contributed by atoms with E-state index in [0.29, 0.717) is 5.89 Å². The number of aromatic nitrogens is 1. The smallest absolute Gasteiger partial charge is 0.227 e. The molecule has 8 aromatic carbocycles. The first-order valence-corrected chi connectivity index (χ1v) is 17.1. The van der Waals surface area contributed by atoms with Crippen LogP contribution in [0.2, 0.25) is 0 Å². The standard InChI is InChI=1S/C47H30N2O2/c1-3-12-33(13-4-1)39-17-9-10-18-43(39)49(38-25-21-31-11-7-8-16-35(31)27-38)37-23-19-32(20-24-37)36-22-26-40-41-29-46-42(30-45(41)50-44(40)28-36)48-47(51-46)34-14-5-2-6-15-34/h1-30H. The predicted molar refractivity (Wildman–Crippen MR) is 210 cm³/mol. The summed E-state index contributed by atoms with van der Waals surface area (Å²) in [6, 6.07) is 63.6. The summed E-state index contributed by atoms with van der Waals surface area (Å²) < 4.78 is 12.6. The number of benzene rings is 8. The monoisotopic (exact) mass is 654 g/mol. The first kappa shape index (κ1) is 29.0. The van der Waals surface area contributed by atoms with E-state index >= 15 is 0 Å². The van der Waals surface area contributed by atoms with Crippen molar-refractivity contribution in [3.8, 4) is 33.7 Å². The quantitative estimate of drug-likeness (QED) is 0.179. The minimum Gasteiger partial charge on any atom is -0.456 e. The van der Waals surface area contributed by atoms with Crippen molar-refractivity contribution < 1.29 is 8.83 Å². The maximum absolute atomic E-state index is 6.42. The summed E-state index contributed by atoms with van der Waals surface area (Å²) in [5.74, 6) is 0.607. The van der Waals surface area contributed by atoms with Gasteiger partial charge >= 0.3 is 0 Å². The van der Waals surface area contributed by atoms with Gasteiger partial charge in [-0.25, -0.2) is 4.98 Å². The van der Waals surface area contributed by atoms with Crippen LogP contribution in [0, 0.1) is 0 Å². The molecule has 51 heavy (non-hydrogen) atoms. The van der Waals surface area contributed by atoms with Crippen molar-refractivity contribution in [3.63, 3.8) is 0 Å². The molecule has 0 aliphatic heterocycles. The molecule has 4 heteroatoms. The van der Waals surface area contributed by atoms with Crippen LogP contribution >= 0.6 is 0 Å². The SMILES string of the molecule is c1ccc(-c2nc3cc4oc5cc(-c6ccc(N(c7ccc8ccccc8c7)c7ccccc7-c7ccccc7)cc6)ccc5c4cc3o2)cc1. The summed E-state index contributed by atoms with van der Waals surface area (Å²) in [4.78, 5) is 7.10. The fraction of sp³-hybridized carbons (Fsp3) is 0. The fourth-order valence-corrected chi connectivity index (χ4v) is 7.16. The first-order valence-electron chi connectivity index (χ1n) is 17.1. The minimum absolute atomic E-state index is 0.607. The van der Waals surface area contributed by atoms with E-state index in [0.717, 1.165) is 66.8 Å². The van der Waals surface area contributed by atoms with Gasteiger partial charge in [-0.05, 0) is 88.1 Å². The summed E-state index contributed by atoms with van der Waals surface area (Å²) in [6.45, 7) is 0. The fourth-order valence-electron chi connectivity index (χ4n) is 7.16. The summed E-state index contributed by atoms with van der Waals surface area (Å²) >= 11 is 0. The zero-order valence-electron chi connectivity index (χ0n) is 27.5. The van der Waals surface area contributed by atoms with Crippen molar-refractivity contribution in [1.29, 1.82) is 0 Å². The van der Waals surface area contributed by atoms with Crippen LogP contribution in [0.4, 0.5) is 17.1 Å². The largest absolute Gasteiger partial charge is 0.456 e. The minimum atomic E-state index is 0.607. The highest BCUT2D eigenvalue weighted by Crippen LogP contribution is 2.42. The molecule has 0 fully saturated rings. The predicted octanol–water partition coefficient (Wildman–Crippen LogP) is 13.4. The molecule has 0 N–H and O–H groups in total. The Kier molecular flexibility index (Phi) is 6.78. The van der Waals surface area contributed by atoms with E-state index in [4.69, 9.17) is 13.8 Å². The van der Waals surface area contributed by atoms with E-state index < -0.39 is 0 Å². The Hall–Kier alpha value is -6.91. The molecule has 0 spiro atoms. The number of anilines is 3. The van der Waals surface area contributed by atoms with E-state index in [9.17, 15) is 0 Å². The lowest BCUT2D eigenvalue weighted by Gasteiger charge is -2.28. The summed E-state index contributed by atoms with van der Waals surface area (Å²) in [6.07, 6.45) is 0. The normalized spacial score (nSPS) is 11.5. The molecule has 0 atom stereocenters. The molecule has 4 nitrogen and oxygen atoms in total. The number of nitrogens with zero attached hydrogens (tertiary/aromatic N) is 2. The van der Waals surface area contributed by atoms with Crippen molar-refractivity contribution in [2.24, 2.45) is 0 Å². The van der Waals surface area contributed by atoms with Crippen LogP contribution in [0.1, 0.15) is 0 Å². The van der Waals surface area contributed by atoms with Crippen LogP contribution in [0.3, 0.4) is 0 Å². The average Bonchev–Trinajstić information content (AvgIpc) is 3.78. The van der Waals surface area contributed by atoms with Gasteiger partial charge in [-0.15, -0.1) is 0 Å². The van der Waals surface area contributed by atoms with Gasteiger partial charge < -0.3 is 13.7 Å². The topological polar surface area (TPSA) is 42.4 Å². The molecule has 0 aliphatic rings. The number of hydrogen-bond donors (Lipinski definition) is 0. The summed E-state index contributed by atoms with van der Waals surface area (Å²) in [5, 5.41) is 4.48. The van der Waals surface area contributed by atoms with Crippen molar-refractivity contribution in [3.05, 3.63) is 182 Å². The second kappa shape index (κ2) is 11.9. The van der Waals surface area contributed by atoms with Crippen LogP contribution in [-0.4, -0.2) is 4.98 Å². The molecule has 0 radical (unpaired) electrons. The molecule has 0 bridgehead atoms. The molecule has 10 aromatic rings. The Bertz CT molecular complexity index is 2850. The van der Waals surface area contributed by atoms with E-state index in [2.05, 4.69) is 144 Å². The lowest BCUT2D eigenvalue weighted by molar-refractivity contribution is 0.620. The van der Waals surface area contributed by atoms with Crippen LogP contribution in [0.25, 0.3) is 77.5 Å². The van der Waals surface area contributed by atoms with Crippen LogP contribution in [0.15, 0.2) is 191 Å². The van der Waals surface area contributed by atoms with Gasteiger partial charge in [0, 0.05) is 39.3 Å². The Morgan fingerprint density at radius 2 is 1.06 bits per heavy atom. The van der Waals surface area contributed by atoms with Gasteiger partial charge in [0.05, 0.1) is 5.69 Å². The number of oxazole rings is 1. The van der Waals surface area contributed by atoms with Crippen LogP contribution < -0.4 is 4.90 Å². The van der Waals surface area contributed by atoms with E-state index in [1.807, 2.05) is 42.5 Å². The van der Waals surface area contributed by atoms with Crippen molar-refractivity contribution in [2.45, 2.75) is 0 Å². The zero-order chi connectivity index (χ0) is 33.7. The molecule has 0 aliphatic carbocycles. The Labute approximate surface area is 294 Å². The highest BCUT2D eigenvalue weighted by molar-refractivity contribution is 6.09. The van der Waals surface area contributed by atoms with Crippen molar-refractivity contribution in [1.82, 2.24) is 4.98 Å². The van der Waals surface area contributed by atoms with Gasteiger partial charge in [-0.3, -0.25) is 0 Å². The van der Waals surface area contributed by atoms with Gasteiger partial charge in [0.25, 0.3) is 0 Å². The maximum atomic E-state index is 6.42. The van der Waals surface area contributed by atoms with Gasteiger partial charge in [0.1, 0.15) is 16.7 Å². The molecule has 0 unspecified atom stereocenters. The second-order valence-corrected chi connectivity index (χ2v) is 12.8. The molecule has 10 rings (SSSR count). The number of fused-ring (bicyclic) bond motifs is 5. The van der Waals surface area contributed by atoms with E-state index in [1.54, 1.807) is 0 Å². The van der Waals surface area contributed by atoms with Crippen LogP contribution in [0.5, 0.6) is 0 Å². The number of hydrogen-bond acceptors (Lipinski definition) is 4. The van der Waals surface area contributed by atoms with Gasteiger partial charge in [0.2, 0.25) is 5.89 Å². The maximum Gasteiger partial charge on any atom is 0.227 e. The molecule has 2 heterocycles. The van der Waals surface area contributed by atoms with Gasteiger partial charge in [-0.2, -0.15) is 0 Å². The third-order valence-corrected chi connectivity index (χ3v) is 9.68. The Balaban J connectivity index is 1.04. The van der Waals surface area contributed by atoms with Crippen molar-refractivity contribution in [2.75, 3.05) is 4.90 Å². The van der Waals surface area contributed by atoms with E-state index in [1.165, 1.54) is 21.9 Å². The molecular formula is C47H30N2O2. The lowest BCUT2D eigenvalue weighted by Crippen LogP contribution is -2.11. The number of furan rings is 1. The highest BCUT2D eigenvalue weighted by Gasteiger charge is 2.18. The molecule has 0 saturated carbocycles. The lowest BCUT2D eigenvalue weighted by atomic mass is 10.00. The third kappa shape index (κ3) is 5.13. The molecule has 240 valence electrons. The van der Waals surface area contributed by atoms with E-state index in [-0.39, 0.29) is 0 Å². The van der Waals surface area contributed by atoms with Gasteiger partial charge in [-0.1, -0.05) is 115 Å². The third-order valence-electron chi connectivity index (χ3n) is 9.68. The first-order chi connectivity index (χ1) is 25.2. The van der Waals surface area contributed by atoms with Crippen LogP contribution in [-0.2, 0) is 0 Å².